The molecule has 1 saturated heterocycles. The third-order valence-corrected chi connectivity index (χ3v) is 6.83. The predicted molar refractivity (Wildman–Crippen MR) is 151 cm³/mol. The number of rotatable bonds is 12. The smallest absolute Gasteiger partial charge is 0.289 e. The zero-order chi connectivity index (χ0) is 29.4. The number of Topliss-reactive ketones (excluding diaryl/α,β-unsaturated/α-hetero) is 1. The quantitative estimate of drug-likeness (QED) is 0.322. The minimum Gasteiger partial charge on any atom is -0.494 e. The van der Waals surface area contributed by atoms with Gasteiger partial charge in [-0.1, -0.05) is 13.0 Å². The zero-order valence-corrected chi connectivity index (χ0v) is 23.4. The largest absolute Gasteiger partial charge is 0.494 e. The maximum Gasteiger partial charge on any atom is 0.289 e. The van der Waals surface area contributed by atoms with E-state index in [1.54, 1.807) is 42.5 Å². The Morgan fingerprint density at radius 1 is 1.00 bits per heavy atom. The third-order valence-electron chi connectivity index (χ3n) is 6.83. The summed E-state index contributed by atoms with van der Waals surface area (Å²) in [4.78, 5) is 57.4. The van der Waals surface area contributed by atoms with Crippen molar-refractivity contribution in [2.45, 2.75) is 38.8 Å². The normalized spacial score (nSPS) is 14.4. The molecule has 0 bridgehead atoms. The standard InChI is InChI=1S/C30H34N4O7/c1-4-14-41-20-8-9-23-22(16-20)21(11-12-31-23)29(37)33-18-27(35)34-13-5-6-24(34)28(36)30(38)32-17-19-7-10-25(39-2)26(15-19)40-3/h7-12,15-16,24H,4-6,13-14,17-18H2,1-3H3,(H,32,38)(H,33,37)/t24-/m0/s1. The van der Waals surface area contributed by atoms with E-state index in [1.165, 1.54) is 25.3 Å². The number of benzene rings is 2. The van der Waals surface area contributed by atoms with Crippen molar-refractivity contribution >= 4 is 34.4 Å². The average Bonchev–Trinajstić information content (AvgIpc) is 3.50. The second-order valence-electron chi connectivity index (χ2n) is 9.55. The van der Waals surface area contributed by atoms with E-state index in [0.717, 1.165) is 12.0 Å². The SMILES string of the molecule is CCCOc1ccc2nccc(C(=O)NCC(=O)N3CCC[C@H]3C(=O)C(=O)NCc3ccc(OC)c(OC)c3)c2c1. The van der Waals surface area contributed by atoms with Crippen LogP contribution in [0.1, 0.15) is 42.1 Å². The summed E-state index contributed by atoms with van der Waals surface area (Å²) >= 11 is 0. The minimum absolute atomic E-state index is 0.104. The first-order valence-corrected chi connectivity index (χ1v) is 13.5. The predicted octanol–water partition coefficient (Wildman–Crippen LogP) is 2.65. The van der Waals surface area contributed by atoms with Crippen molar-refractivity contribution in [3.8, 4) is 17.2 Å². The molecule has 2 heterocycles. The Hall–Kier alpha value is -4.67. The van der Waals surface area contributed by atoms with E-state index in [9.17, 15) is 19.2 Å². The highest BCUT2D eigenvalue weighted by molar-refractivity contribution is 6.38. The number of hydrogen-bond acceptors (Lipinski definition) is 8. The number of carbonyl (C=O) groups is 4. The summed E-state index contributed by atoms with van der Waals surface area (Å²) in [5.41, 5.74) is 1.70. The Morgan fingerprint density at radius 2 is 1.80 bits per heavy atom. The average molecular weight is 563 g/mol. The van der Waals surface area contributed by atoms with Crippen molar-refractivity contribution in [3.05, 3.63) is 59.8 Å². The first-order chi connectivity index (χ1) is 19.9. The van der Waals surface area contributed by atoms with Crippen LogP contribution in [0.2, 0.25) is 0 Å². The molecule has 1 atom stereocenters. The number of nitrogens with zero attached hydrogens (tertiary/aromatic N) is 2. The van der Waals surface area contributed by atoms with Crippen LogP contribution in [0.3, 0.4) is 0 Å². The fourth-order valence-electron chi connectivity index (χ4n) is 4.73. The van der Waals surface area contributed by atoms with Gasteiger partial charge >= 0.3 is 0 Å². The second-order valence-corrected chi connectivity index (χ2v) is 9.55. The molecular formula is C30H34N4O7. The fraction of sp³-hybridized carbons (Fsp3) is 0.367. The van der Waals surface area contributed by atoms with Gasteiger partial charge in [-0.25, -0.2) is 0 Å². The molecule has 1 aliphatic rings. The number of ketones is 1. The van der Waals surface area contributed by atoms with Crippen molar-refractivity contribution in [1.82, 2.24) is 20.5 Å². The highest BCUT2D eigenvalue weighted by Gasteiger charge is 2.37. The number of methoxy groups -OCH3 is 2. The second kappa shape index (κ2) is 13.6. The Bertz CT molecular complexity index is 1440. The number of aromatic nitrogens is 1. The zero-order valence-electron chi connectivity index (χ0n) is 23.4. The van der Waals surface area contributed by atoms with Gasteiger partial charge in [-0.05, 0) is 61.2 Å². The molecule has 4 rings (SSSR count). The van der Waals surface area contributed by atoms with E-state index in [2.05, 4.69) is 15.6 Å². The van der Waals surface area contributed by atoms with Gasteiger partial charge in [0.25, 0.3) is 11.8 Å². The van der Waals surface area contributed by atoms with E-state index in [-0.39, 0.29) is 13.1 Å². The van der Waals surface area contributed by atoms with Crippen LogP contribution >= 0.6 is 0 Å². The lowest BCUT2D eigenvalue weighted by molar-refractivity contribution is -0.144. The highest BCUT2D eigenvalue weighted by atomic mass is 16.5. The fourth-order valence-corrected chi connectivity index (χ4v) is 4.73. The maximum absolute atomic E-state index is 13.0. The molecule has 1 aromatic heterocycles. The van der Waals surface area contributed by atoms with Crippen molar-refractivity contribution in [2.75, 3.05) is 33.9 Å². The molecule has 2 N–H and O–H groups in total. The molecule has 0 saturated carbocycles. The minimum atomic E-state index is -0.884. The molecule has 1 fully saturated rings. The summed E-state index contributed by atoms with van der Waals surface area (Å²) in [6, 6.07) is 11.2. The van der Waals surface area contributed by atoms with E-state index in [4.69, 9.17) is 14.2 Å². The lowest BCUT2D eigenvalue weighted by Crippen LogP contribution is -2.49. The molecule has 11 heteroatoms. The summed E-state index contributed by atoms with van der Waals surface area (Å²) in [5.74, 6) is -0.681. The van der Waals surface area contributed by atoms with E-state index in [0.29, 0.717) is 59.7 Å². The molecule has 0 aliphatic carbocycles. The molecule has 0 spiro atoms. The van der Waals surface area contributed by atoms with Gasteiger partial charge in [0.1, 0.15) is 11.8 Å². The molecule has 41 heavy (non-hydrogen) atoms. The summed E-state index contributed by atoms with van der Waals surface area (Å²) in [6.07, 6.45) is 3.33. The number of likely N-dealkylation sites (tertiary alicyclic amines) is 1. The molecule has 11 nitrogen and oxygen atoms in total. The molecule has 3 aromatic rings. The van der Waals surface area contributed by atoms with Gasteiger partial charge in [0.2, 0.25) is 11.7 Å². The van der Waals surface area contributed by atoms with Crippen molar-refractivity contribution in [2.24, 2.45) is 0 Å². The molecule has 0 unspecified atom stereocenters. The van der Waals surface area contributed by atoms with Gasteiger partial charge in [0, 0.05) is 24.7 Å². The van der Waals surface area contributed by atoms with Crippen molar-refractivity contribution < 1.29 is 33.4 Å². The summed E-state index contributed by atoms with van der Waals surface area (Å²) in [7, 11) is 3.04. The van der Waals surface area contributed by atoms with Gasteiger partial charge in [-0.3, -0.25) is 24.2 Å². The molecule has 3 amide bonds. The van der Waals surface area contributed by atoms with Crippen LogP contribution < -0.4 is 24.8 Å². The number of carbonyl (C=O) groups excluding carboxylic acids is 4. The van der Waals surface area contributed by atoms with Crippen LogP contribution in [0.4, 0.5) is 0 Å². The first-order valence-electron chi connectivity index (χ1n) is 13.5. The number of pyridine rings is 1. The number of fused-ring (bicyclic) bond motifs is 1. The summed E-state index contributed by atoms with van der Waals surface area (Å²) in [6.45, 7) is 2.66. The number of hydrogen-bond donors (Lipinski definition) is 2. The molecule has 216 valence electrons. The van der Waals surface area contributed by atoms with Crippen LogP contribution in [0, 0.1) is 0 Å². The van der Waals surface area contributed by atoms with E-state index < -0.39 is 29.5 Å². The number of amides is 3. The van der Waals surface area contributed by atoms with Gasteiger partial charge in [-0.15, -0.1) is 0 Å². The number of nitrogens with one attached hydrogen (secondary N) is 2. The van der Waals surface area contributed by atoms with Gasteiger partial charge in [-0.2, -0.15) is 0 Å². The van der Waals surface area contributed by atoms with Crippen LogP contribution in [0.25, 0.3) is 10.9 Å². The van der Waals surface area contributed by atoms with Gasteiger partial charge in [0.15, 0.2) is 11.5 Å². The molecule has 0 radical (unpaired) electrons. The molecule has 2 aromatic carbocycles. The third kappa shape index (κ3) is 6.92. The van der Waals surface area contributed by atoms with E-state index in [1.807, 2.05) is 6.92 Å². The van der Waals surface area contributed by atoms with Gasteiger partial charge < -0.3 is 29.7 Å². The molecule has 1 aliphatic heterocycles. The Morgan fingerprint density at radius 3 is 2.56 bits per heavy atom. The number of ether oxygens (including phenoxy) is 3. The van der Waals surface area contributed by atoms with Crippen LogP contribution in [0.5, 0.6) is 17.2 Å². The highest BCUT2D eigenvalue weighted by Crippen LogP contribution is 2.27. The lowest BCUT2D eigenvalue weighted by Gasteiger charge is -2.23. The summed E-state index contributed by atoms with van der Waals surface area (Å²) < 4.78 is 16.2. The van der Waals surface area contributed by atoms with Crippen LogP contribution in [-0.4, -0.2) is 73.3 Å². The molecular weight excluding hydrogens is 528 g/mol. The Balaban J connectivity index is 1.35. The lowest BCUT2D eigenvalue weighted by atomic mass is 10.1. The monoisotopic (exact) mass is 562 g/mol. The topological polar surface area (TPSA) is 136 Å². The van der Waals surface area contributed by atoms with Crippen LogP contribution in [0.15, 0.2) is 48.7 Å². The first kappa shape index (κ1) is 29.3. The van der Waals surface area contributed by atoms with Crippen LogP contribution in [-0.2, 0) is 20.9 Å². The van der Waals surface area contributed by atoms with Crippen molar-refractivity contribution in [1.29, 1.82) is 0 Å². The Labute approximate surface area is 238 Å². The van der Waals surface area contributed by atoms with Gasteiger partial charge in [0.05, 0.1) is 38.5 Å². The van der Waals surface area contributed by atoms with Crippen molar-refractivity contribution in [3.63, 3.8) is 0 Å². The van der Waals surface area contributed by atoms with E-state index >= 15 is 0 Å². The summed E-state index contributed by atoms with van der Waals surface area (Å²) in [5, 5.41) is 5.88. The maximum atomic E-state index is 13.0. The Kier molecular flexibility index (Phi) is 9.73.